The van der Waals surface area contributed by atoms with Gasteiger partial charge in [0.2, 0.25) is 6.08 Å². The number of esters is 3. The maximum Gasteiger partial charge on any atom is 0.412 e. The molecule has 0 saturated heterocycles. The molecule has 0 aliphatic carbocycles. The van der Waals surface area contributed by atoms with E-state index in [0.29, 0.717) is 77.9 Å². The van der Waals surface area contributed by atoms with Gasteiger partial charge in [0.1, 0.15) is 37.3 Å². The smallest absolute Gasteiger partial charge is 0.412 e. The lowest BCUT2D eigenvalue weighted by Gasteiger charge is -2.18. The molecule has 7 N–H and O–H groups in total. The highest BCUT2D eigenvalue weighted by molar-refractivity contribution is 5.89. The predicted molar refractivity (Wildman–Crippen MR) is 437 cm³/mol. The molecule has 0 fully saturated rings. The van der Waals surface area contributed by atoms with Crippen molar-refractivity contribution in [2.45, 2.75) is 138 Å². The first-order valence-electron chi connectivity index (χ1n) is 37.7. The van der Waals surface area contributed by atoms with Crippen LogP contribution in [0.2, 0.25) is 0 Å². The van der Waals surface area contributed by atoms with Crippen molar-refractivity contribution < 1.29 is 110 Å². The number of amides is 6. The Balaban J connectivity index is 0.000000346. The number of hydrogen-bond donors (Lipinski definition) is 7. The van der Waals surface area contributed by atoms with Crippen LogP contribution in [-0.2, 0) is 97.0 Å². The number of nitriles is 1. The number of ether oxygens (including phenoxy) is 12. The summed E-state index contributed by atoms with van der Waals surface area (Å²) in [6.07, 6.45) is -3.41. The summed E-state index contributed by atoms with van der Waals surface area (Å²) >= 11 is 0. The van der Waals surface area contributed by atoms with Crippen molar-refractivity contribution in [2.24, 2.45) is 4.99 Å². The third-order valence-corrected chi connectivity index (χ3v) is 16.2. The standard InChI is InChI=1S/C46H54N4O13.C36H34N4O7.C5H10O3/c1-7-57-41(51)31(5)62-45(55)49-39-21-13-35(14-22-39)25-33-9-17-37(18-10-33)47-43(53)60-27-29(3)59-28-30(4)61-44(54)48-38-19-11-34(12-20-38)26-36-15-23-40(24-16-36)50-46(56)63-32(6)42(52)58-8-2;1-25(21-45-35(42)39-32-13-5-28(6-14-32)19-27-3-11-31(12-4-27)38-24-41)44-22-26(2)47-36(43)40-33-15-7-29(8-16-33)20-30-9-17-34(18-10-30)46-23-37;1-3-8-5(7)4(2)6/h9-24,29-32H,7-8,25-28H2,1-6H3,(H,47,53)(H,48,54)(H,49,55)(H,50,56);3-18,25-26H,19-22H2,1-2H3,(H,39,42)(H,40,43);4,6H,3H2,1-2H3. The summed E-state index contributed by atoms with van der Waals surface area (Å²) in [4.78, 5) is 121. The molecular formula is C87H98N8O23. The van der Waals surface area contributed by atoms with E-state index in [1.807, 2.05) is 97.1 Å². The summed E-state index contributed by atoms with van der Waals surface area (Å²) in [6.45, 7) is 17.0. The van der Waals surface area contributed by atoms with Crippen molar-refractivity contribution in [3.63, 3.8) is 0 Å². The summed E-state index contributed by atoms with van der Waals surface area (Å²) in [5.74, 6) is -1.31. The van der Waals surface area contributed by atoms with Crippen LogP contribution in [0.4, 0.5) is 68.6 Å². The van der Waals surface area contributed by atoms with E-state index in [1.54, 1.807) is 152 Å². The van der Waals surface area contributed by atoms with Crippen molar-refractivity contribution in [2.75, 3.05) is 78.1 Å². The molecule has 624 valence electrons. The zero-order valence-electron chi connectivity index (χ0n) is 67.1. The Bertz CT molecular complexity index is 4580. The maximum atomic E-state index is 12.5. The maximum absolute atomic E-state index is 12.5. The monoisotopic (exact) mass is 1620 g/mol. The van der Waals surface area contributed by atoms with Crippen LogP contribution in [0.1, 0.15) is 114 Å². The zero-order valence-corrected chi connectivity index (χ0v) is 67.1. The first-order chi connectivity index (χ1) is 56.7. The summed E-state index contributed by atoms with van der Waals surface area (Å²) < 4.78 is 61.7. The molecule has 31 nitrogen and oxygen atoms in total. The van der Waals surface area contributed by atoms with Gasteiger partial charge in [-0.1, -0.05) is 97.1 Å². The van der Waals surface area contributed by atoms with Crippen molar-refractivity contribution in [3.05, 3.63) is 239 Å². The highest BCUT2D eigenvalue weighted by atomic mass is 16.6. The Morgan fingerprint density at radius 3 is 0.847 bits per heavy atom. The Hall–Kier alpha value is -13.7. The van der Waals surface area contributed by atoms with E-state index in [2.05, 4.69) is 41.6 Å². The van der Waals surface area contributed by atoms with Gasteiger partial charge >= 0.3 is 54.5 Å². The van der Waals surface area contributed by atoms with Gasteiger partial charge in [-0.25, -0.2) is 47.9 Å². The zero-order chi connectivity index (χ0) is 85.7. The summed E-state index contributed by atoms with van der Waals surface area (Å²) in [7, 11) is 0. The normalized spacial score (nSPS) is 12.2. The second-order valence-electron chi connectivity index (χ2n) is 26.3. The fraction of sp³-hybridized carbons (Fsp3) is 0.322. The molecule has 6 amide bonds. The number of carbonyl (C=O) groups excluding carboxylic acids is 10. The van der Waals surface area contributed by atoms with Crippen LogP contribution in [0.15, 0.2) is 199 Å². The van der Waals surface area contributed by atoms with Crippen LogP contribution in [0, 0.1) is 11.5 Å². The SMILES string of the molecule is CC(COC(=O)Nc1ccc(Cc2ccc(N=C=O)cc2)cc1)OCC(C)OC(=O)Nc1ccc(Cc2ccc(OC#N)cc2)cc1.CCOC(=O)C(C)O.CCOC(=O)C(C)OC(=O)Nc1ccc(Cc2ccc(NC(=O)OCC(C)OCC(C)OC(=O)Nc3ccc(Cc4ccc(NC(=O)OC(C)C(=O)OCC)cc4)cc3)cc2)cc1. The second-order valence-corrected chi connectivity index (χ2v) is 26.3. The van der Waals surface area contributed by atoms with Gasteiger partial charge in [0, 0.05) is 34.1 Å². The molecule has 7 atom stereocenters. The average Bonchev–Trinajstić information content (AvgIpc) is 0.882. The molecule has 7 unspecified atom stereocenters. The highest BCUT2D eigenvalue weighted by Crippen LogP contribution is 2.23. The van der Waals surface area contributed by atoms with Crippen molar-refractivity contribution in [1.29, 1.82) is 5.26 Å². The summed E-state index contributed by atoms with van der Waals surface area (Å²) in [6, 6.07) is 58.2. The fourth-order valence-electron chi connectivity index (χ4n) is 10.3. The van der Waals surface area contributed by atoms with E-state index in [9.17, 15) is 47.9 Å². The van der Waals surface area contributed by atoms with Gasteiger partial charge in [0.05, 0.1) is 50.9 Å². The molecule has 0 radical (unpaired) electrons. The molecule has 0 aliphatic heterocycles. The van der Waals surface area contributed by atoms with Gasteiger partial charge in [-0.15, -0.1) is 5.26 Å². The Kier molecular flexibility index (Phi) is 39.9. The number of rotatable bonds is 36. The lowest BCUT2D eigenvalue weighted by molar-refractivity contribution is -0.152. The molecule has 118 heavy (non-hydrogen) atoms. The van der Waals surface area contributed by atoms with Gasteiger partial charge in [-0.3, -0.25) is 31.9 Å². The number of carbonyl (C=O) groups is 9. The molecule has 0 aliphatic rings. The number of nitrogens with zero attached hydrogens (tertiary/aromatic N) is 2. The molecule has 8 aromatic rings. The van der Waals surface area contributed by atoms with Crippen molar-refractivity contribution in [3.8, 4) is 12.0 Å². The van der Waals surface area contributed by atoms with Gasteiger partial charge in [-0.05, 0) is 236 Å². The van der Waals surface area contributed by atoms with Crippen molar-refractivity contribution >= 4 is 100 Å². The number of hydrogen-bond acceptors (Lipinski definition) is 25. The van der Waals surface area contributed by atoms with Crippen molar-refractivity contribution in [1.82, 2.24) is 0 Å². The number of anilines is 6. The van der Waals surface area contributed by atoms with Gasteiger partial charge < -0.3 is 61.9 Å². The van der Waals surface area contributed by atoms with Crippen LogP contribution < -0.4 is 36.6 Å². The molecule has 8 rings (SSSR count). The van der Waals surface area contributed by atoms with E-state index >= 15 is 0 Å². The van der Waals surface area contributed by atoms with Gasteiger partial charge in [0.25, 0.3) is 6.26 Å². The van der Waals surface area contributed by atoms with Crippen LogP contribution in [0.3, 0.4) is 0 Å². The van der Waals surface area contributed by atoms with Crippen LogP contribution in [0.5, 0.6) is 5.75 Å². The van der Waals surface area contributed by atoms with Gasteiger partial charge in [0.15, 0.2) is 12.2 Å². The number of benzene rings is 8. The molecule has 0 saturated carbocycles. The third kappa shape index (κ3) is 36.7. The van der Waals surface area contributed by atoms with Crippen LogP contribution in [-0.4, -0.2) is 155 Å². The number of aliphatic hydroxyl groups is 1. The minimum atomic E-state index is -1.03. The highest BCUT2D eigenvalue weighted by Gasteiger charge is 2.22. The fourth-order valence-corrected chi connectivity index (χ4v) is 10.3. The molecule has 31 heteroatoms. The quantitative estimate of drug-likeness (QED) is 0.00630. The lowest BCUT2D eigenvalue weighted by atomic mass is 10.0. The van der Waals surface area contributed by atoms with E-state index < -0.39 is 97.2 Å². The molecule has 0 bridgehead atoms. The average molecular weight is 1620 g/mol. The Morgan fingerprint density at radius 1 is 0.339 bits per heavy atom. The molecule has 0 heterocycles. The number of aliphatic hydroxyl groups excluding tert-OH is 1. The first-order valence-corrected chi connectivity index (χ1v) is 37.7. The van der Waals surface area contributed by atoms with Gasteiger partial charge in [-0.2, -0.15) is 4.99 Å². The molecule has 0 spiro atoms. The number of aliphatic imine (C=N–C) groups is 1. The van der Waals surface area contributed by atoms with E-state index in [4.69, 9.17) is 62.5 Å². The lowest BCUT2D eigenvalue weighted by Crippen LogP contribution is -2.28. The predicted octanol–water partition coefficient (Wildman–Crippen LogP) is 15.7. The Labute approximate surface area is 683 Å². The minimum absolute atomic E-state index is 0.0110. The van der Waals surface area contributed by atoms with E-state index in [1.165, 1.54) is 26.9 Å². The minimum Gasteiger partial charge on any atom is -0.464 e. The third-order valence-electron chi connectivity index (χ3n) is 16.2. The van der Waals surface area contributed by atoms with E-state index in [-0.39, 0.29) is 39.6 Å². The molecule has 0 aromatic heterocycles. The molecular weight excluding hydrogens is 1520 g/mol. The summed E-state index contributed by atoms with van der Waals surface area (Å²) in [5.41, 5.74) is 12.0. The summed E-state index contributed by atoms with van der Waals surface area (Å²) in [5, 5.41) is 33.0. The van der Waals surface area contributed by atoms with Crippen LogP contribution in [0.25, 0.3) is 0 Å². The second kappa shape index (κ2) is 50.5. The first kappa shape index (κ1) is 93.2. The number of nitrogens with one attached hydrogen (secondary N) is 6. The van der Waals surface area contributed by atoms with Crippen LogP contribution >= 0.6 is 0 Å². The molecule has 8 aromatic carbocycles. The largest absolute Gasteiger partial charge is 0.464 e. The van der Waals surface area contributed by atoms with E-state index in [0.717, 1.165) is 44.5 Å². The topological polar surface area (TPSA) is 410 Å². The Morgan fingerprint density at radius 2 is 0.593 bits per heavy atom. The number of isocyanates is 1.